The fraction of sp³-hybridized carbons (Fsp3) is 0.875. The average molecular weight is 448 g/mol. The molecule has 8 heteroatoms. The molecule has 6 atom stereocenters. The molecule has 3 saturated heterocycles. The van der Waals surface area contributed by atoms with E-state index in [4.69, 9.17) is 9.47 Å². The summed E-state index contributed by atoms with van der Waals surface area (Å²) in [6, 6.07) is 0.0233. The van der Waals surface area contributed by atoms with E-state index in [1.165, 1.54) is 12.8 Å². The Labute approximate surface area is 190 Å². The molecule has 178 valence electrons. The number of imide groups is 1. The molecule has 5 rings (SSSR count). The smallest absolute Gasteiger partial charge is 0.249 e. The first kappa shape index (κ1) is 22.3. The number of rotatable bonds is 5. The first-order chi connectivity index (χ1) is 15.5. The van der Waals surface area contributed by atoms with Crippen LogP contribution in [0.15, 0.2) is 0 Å². The van der Waals surface area contributed by atoms with Crippen LogP contribution in [-0.4, -0.2) is 84.7 Å². The highest BCUT2D eigenvalue weighted by Gasteiger charge is 2.49. The number of piperidine rings is 2. The van der Waals surface area contributed by atoms with E-state index in [2.05, 4.69) is 10.2 Å². The molecule has 0 radical (unpaired) electrons. The Kier molecular flexibility index (Phi) is 6.54. The highest BCUT2D eigenvalue weighted by molar-refractivity contribution is 6.02. The average Bonchev–Trinajstić information content (AvgIpc) is 3.38. The van der Waals surface area contributed by atoms with E-state index < -0.39 is 6.04 Å². The van der Waals surface area contributed by atoms with E-state index >= 15 is 0 Å². The van der Waals surface area contributed by atoms with Crippen LogP contribution in [0, 0.1) is 11.8 Å². The van der Waals surface area contributed by atoms with Crippen molar-refractivity contribution in [2.24, 2.45) is 11.8 Å². The van der Waals surface area contributed by atoms with Gasteiger partial charge in [-0.25, -0.2) is 0 Å². The molecule has 0 aromatic rings. The van der Waals surface area contributed by atoms with Crippen molar-refractivity contribution in [2.45, 2.75) is 94.6 Å². The molecule has 0 bridgehead atoms. The second-order valence-corrected chi connectivity index (χ2v) is 10.4. The fourth-order valence-electron chi connectivity index (χ4n) is 6.86. The molecule has 32 heavy (non-hydrogen) atoms. The van der Waals surface area contributed by atoms with Gasteiger partial charge in [0.25, 0.3) is 0 Å². The molecule has 2 aliphatic carbocycles. The van der Waals surface area contributed by atoms with Crippen LogP contribution in [0.5, 0.6) is 0 Å². The van der Waals surface area contributed by atoms with Crippen molar-refractivity contribution >= 4 is 17.7 Å². The number of fused-ring (bicyclic) bond motifs is 1. The Morgan fingerprint density at radius 1 is 0.938 bits per heavy atom. The molecule has 0 aromatic heterocycles. The van der Waals surface area contributed by atoms with Crippen molar-refractivity contribution in [3.05, 3.63) is 0 Å². The second-order valence-electron chi connectivity index (χ2n) is 10.4. The second kappa shape index (κ2) is 9.39. The van der Waals surface area contributed by atoms with E-state index in [9.17, 15) is 14.4 Å². The summed E-state index contributed by atoms with van der Waals surface area (Å²) in [6.07, 6.45) is 10.1. The molecule has 3 amide bonds. The molecule has 5 fully saturated rings. The van der Waals surface area contributed by atoms with Gasteiger partial charge in [0.2, 0.25) is 17.7 Å². The fourth-order valence-corrected chi connectivity index (χ4v) is 6.86. The third kappa shape index (κ3) is 4.33. The van der Waals surface area contributed by atoms with Gasteiger partial charge in [0.15, 0.2) is 0 Å². The Bertz CT molecular complexity index is 737. The van der Waals surface area contributed by atoms with E-state index in [0.29, 0.717) is 37.6 Å². The van der Waals surface area contributed by atoms with Gasteiger partial charge in [-0.15, -0.1) is 0 Å². The van der Waals surface area contributed by atoms with Crippen LogP contribution in [0.1, 0.15) is 64.2 Å². The van der Waals surface area contributed by atoms with E-state index in [1.807, 2.05) is 7.11 Å². The highest BCUT2D eigenvalue weighted by Crippen LogP contribution is 2.41. The van der Waals surface area contributed by atoms with Gasteiger partial charge in [0.1, 0.15) is 6.04 Å². The monoisotopic (exact) mass is 447 g/mol. The number of hydrogen-bond acceptors (Lipinski definition) is 6. The number of nitrogens with zero attached hydrogens (tertiary/aromatic N) is 2. The number of amides is 3. The van der Waals surface area contributed by atoms with Gasteiger partial charge >= 0.3 is 0 Å². The van der Waals surface area contributed by atoms with E-state index in [-0.39, 0.29) is 35.7 Å². The quantitative estimate of drug-likeness (QED) is 0.642. The molecule has 4 unspecified atom stereocenters. The third-order valence-corrected chi connectivity index (χ3v) is 8.62. The van der Waals surface area contributed by atoms with Gasteiger partial charge in [-0.05, 0) is 63.7 Å². The van der Waals surface area contributed by atoms with Crippen LogP contribution in [0.25, 0.3) is 0 Å². The zero-order chi connectivity index (χ0) is 22.2. The van der Waals surface area contributed by atoms with Crippen LogP contribution in [0.2, 0.25) is 0 Å². The zero-order valence-electron chi connectivity index (χ0n) is 19.2. The van der Waals surface area contributed by atoms with Crippen LogP contribution >= 0.6 is 0 Å². The lowest BCUT2D eigenvalue weighted by Gasteiger charge is -2.40. The minimum Gasteiger partial charge on any atom is -0.381 e. The Balaban J connectivity index is 1.16. The summed E-state index contributed by atoms with van der Waals surface area (Å²) in [6.45, 7) is 2.80. The van der Waals surface area contributed by atoms with Crippen molar-refractivity contribution in [1.82, 2.24) is 15.1 Å². The minimum absolute atomic E-state index is 0.00715. The van der Waals surface area contributed by atoms with Gasteiger partial charge in [-0.2, -0.15) is 0 Å². The maximum atomic E-state index is 13.0. The number of methoxy groups -OCH3 is 1. The first-order valence-corrected chi connectivity index (χ1v) is 12.6. The van der Waals surface area contributed by atoms with Gasteiger partial charge in [0.05, 0.1) is 18.3 Å². The number of likely N-dealkylation sites (tertiary alicyclic amines) is 2. The van der Waals surface area contributed by atoms with Crippen molar-refractivity contribution < 1.29 is 23.9 Å². The first-order valence-electron chi connectivity index (χ1n) is 12.6. The lowest BCUT2D eigenvalue weighted by atomic mass is 9.80. The van der Waals surface area contributed by atoms with Crippen molar-refractivity contribution in [3.8, 4) is 0 Å². The lowest BCUT2D eigenvalue weighted by Crippen LogP contribution is -2.53. The maximum absolute atomic E-state index is 13.0. The maximum Gasteiger partial charge on any atom is 0.249 e. The number of hydrogen-bond donors (Lipinski definition) is 1. The van der Waals surface area contributed by atoms with Gasteiger partial charge in [-0.3, -0.25) is 24.6 Å². The summed E-state index contributed by atoms with van der Waals surface area (Å²) in [5.41, 5.74) is 0. The Morgan fingerprint density at radius 3 is 2.50 bits per heavy atom. The molecule has 2 saturated carbocycles. The number of carbonyl (C=O) groups excluding carboxylic acids is 3. The standard InChI is InChI=1S/C24H37N3O5/c1-31-16-9-11-26(12-10-16)19-3-2-4-21(19)32-17-5-6-18-15(13-17)14-27(24(18)30)20-7-8-22(28)25-23(20)29/h15-21H,2-14H2,1H3,(H,25,28,29)/t15?,17?,18?,19-,20?,21+/m0/s1. The summed E-state index contributed by atoms with van der Waals surface area (Å²) in [5.74, 6) is -0.187. The summed E-state index contributed by atoms with van der Waals surface area (Å²) in [7, 11) is 1.81. The number of ether oxygens (including phenoxy) is 2. The summed E-state index contributed by atoms with van der Waals surface area (Å²) in [4.78, 5) is 41.2. The van der Waals surface area contributed by atoms with Crippen molar-refractivity contribution in [1.29, 1.82) is 0 Å². The molecule has 8 nitrogen and oxygen atoms in total. The molecule has 0 aromatic carbocycles. The number of nitrogens with one attached hydrogen (secondary N) is 1. The molecule has 0 spiro atoms. The SMILES string of the molecule is COC1CCN([C@H]2CCC[C@H]2OC2CCC3C(=O)N(C4CCC(=O)NC4=O)CC3C2)CC1. The van der Waals surface area contributed by atoms with Crippen LogP contribution in [0.4, 0.5) is 0 Å². The zero-order valence-corrected chi connectivity index (χ0v) is 19.2. The molecule has 3 heterocycles. The number of carbonyl (C=O) groups is 3. The predicted octanol–water partition coefficient (Wildman–Crippen LogP) is 1.47. The topological polar surface area (TPSA) is 88.2 Å². The van der Waals surface area contributed by atoms with Crippen molar-refractivity contribution in [3.63, 3.8) is 0 Å². The lowest BCUT2D eigenvalue weighted by molar-refractivity contribution is -0.145. The van der Waals surface area contributed by atoms with Crippen LogP contribution in [-0.2, 0) is 23.9 Å². The molecular weight excluding hydrogens is 410 g/mol. The van der Waals surface area contributed by atoms with E-state index in [1.54, 1.807) is 4.90 Å². The van der Waals surface area contributed by atoms with Gasteiger partial charge in [0, 0.05) is 45.1 Å². The van der Waals surface area contributed by atoms with Crippen molar-refractivity contribution in [2.75, 3.05) is 26.7 Å². The largest absolute Gasteiger partial charge is 0.381 e. The molecule has 3 aliphatic heterocycles. The summed E-state index contributed by atoms with van der Waals surface area (Å²) in [5, 5.41) is 2.40. The Morgan fingerprint density at radius 2 is 1.75 bits per heavy atom. The summed E-state index contributed by atoms with van der Waals surface area (Å²) >= 11 is 0. The van der Waals surface area contributed by atoms with Crippen LogP contribution in [0.3, 0.4) is 0 Å². The normalized spacial score (nSPS) is 39.4. The molecule has 5 aliphatic rings. The highest BCUT2D eigenvalue weighted by atomic mass is 16.5. The van der Waals surface area contributed by atoms with E-state index in [0.717, 1.165) is 51.6 Å². The molecule has 1 N–H and O–H groups in total. The van der Waals surface area contributed by atoms with Crippen LogP contribution < -0.4 is 5.32 Å². The summed E-state index contributed by atoms with van der Waals surface area (Å²) < 4.78 is 12.2. The van der Waals surface area contributed by atoms with Gasteiger partial charge < -0.3 is 14.4 Å². The predicted molar refractivity (Wildman–Crippen MR) is 117 cm³/mol. The van der Waals surface area contributed by atoms with Gasteiger partial charge in [-0.1, -0.05) is 0 Å². The molecular formula is C24H37N3O5. The minimum atomic E-state index is -0.487. The Hall–Kier alpha value is -1.51. The third-order valence-electron chi connectivity index (χ3n) is 8.62.